The van der Waals surface area contributed by atoms with Gasteiger partial charge in [0.05, 0.1) is 12.5 Å². The second-order valence-electron chi connectivity index (χ2n) is 10.7. The molecule has 0 saturated carbocycles. The largest absolute Gasteiger partial charge is 0.460 e. The van der Waals surface area contributed by atoms with E-state index in [0.29, 0.717) is 18.0 Å². The first-order chi connectivity index (χ1) is 19.0. The van der Waals surface area contributed by atoms with Gasteiger partial charge in [0, 0.05) is 24.9 Å². The van der Waals surface area contributed by atoms with E-state index in [4.69, 9.17) is 4.74 Å². The van der Waals surface area contributed by atoms with Crippen LogP contribution in [-0.4, -0.2) is 67.7 Å². The molecule has 4 heterocycles. The third-order valence-corrected chi connectivity index (χ3v) is 8.01. The molecule has 0 spiro atoms. The lowest BCUT2D eigenvalue weighted by Crippen LogP contribution is -2.43. The molecular formula is C29H38N4O5S2. The van der Waals surface area contributed by atoms with Gasteiger partial charge in [-0.2, -0.15) is 0 Å². The SMILES string of the molecule is C[C@H](CC(=O)OC(C)(C)C)C(=O)N1CCC[C@H]1C(=O)Sc1ccccn1.O=C(Sc1ccccn1)[C@@H]1CCCN1. The lowest BCUT2D eigenvalue weighted by molar-refractivity contribution is -0.158. The van der Waals surface area contributed by atoms with Crippen LogP contribution in [0.2, 0.25) is 0 Å². The summed E-state index contributed by atoms with van der Waals surface area (Å²) in [5, 5.41) is 4.68. The number of amides is 1. The average molecular weight is 587 g/mol. The number of pyridine rings is 2. The van der Waals surface area contributed by atoms with Crippen molar-refractivity contribution in [3.8, 4) is 0 Å². The number of aromatic nitrogens is 2. The number of hydrogen-bond donors (Lipinski definition) is 1. The third kappa shape index (κ3) is 10.3. The molecule has 0 aliphatic carbocycles. The van der Waals surface area contributed by atoms with Crippen LogP contribution in [0, 0.1) is 5.92 Å². The van der Waals surface area contributed by atoms with Crippen LogP contribution in [0.3, 0.4) is 0 Å². The molecule has 2 aromatic heterocycles. The summed E-state index contributed by atoms with van der Waals surface area (Å²) >= 11 is 2.29. The minimum atomic E-state index is -0.578. The number of hydrogen-bond acceptors (Lipinski definition) is 10. The fourth-order valence-electron chi connectivity index (χ4n) is 4.33. The maximum atomic E-state index is 12.8. The smallest absolute Gasteiger partial charge is 0.307 e. The molecule has 0 aromatic carbocycles. The molecule has 11 heteroatoms. The molecule has 9 nitrogen and oxygen atoms in total. The molecule has 0 unspecified atom stereocenters. The van der Waals surface area contributed by atoms with Crippen molar-refractivity contribution in [3.05, 3.63) is 48.8 Å². The van der Waals surface area contributed by atoms with Gasteiger partial charge in [-0.25, -0.2) is 9.97 Å². The highest BCUT2D eigenvalue weighted by Crippen LogP contribution is 2.28. The first kappa shape index (κ1) is 31.8. The number of esters is 1. The van der Waals surface area contributed by atoms with Gasteiger partial charge in [0.1, 0.15) is 21.7 Å². The lowest BCUT2D eigenvalue weighted by Gasteiger charge is -2.27. The van der Waals surface area contributed by atoms with Crippen LogP contribution in [0.25, 0.3) is 0 Å². The number of ether oxygens (including phenoxy) is 1. The number of carbonyl (C=O) groups excluding carboxylic acids is 4. The topological polar surface area (TPSA) is 119 Å². The van der Waals surface area contributed by atoms with Gasteiger partial charge in [0.15, 0.2) is 0 Å². The Morgan fingerprint density at radius 1 is 0.975 bits per heavy atom. The van der Waals surface area contributed by atoms with Crippen LogP contribution in [0.1, 0.15) is 59.8 Å². The molecule has 0 bridgehead atoms. The van der Waals surface area contributed by atoms with Gasteiger partial charge in [-0.15, -0.1) is 0 Å². The van der Waals surface area contributed by atoms with E-state index < -0.39 is 23.5 Å². The van der Waals surface area contributed by atoms with E-state index in [1.54, 1.807) is 57.1 Å². The van der Waals surface area contributed by atoms with E-state index >= 15 is 0 Å². The molecular weight excluding hydrogens is 548 g/mol. The van der Waals surface area contributed by atoms with E-state index in [1.165, 1.54) is 11.8 Å². The minimum absolute atomic E-state index is 0.0148. The Balaban J connectivity index is 0.000000263. The average Bonchev–Trinajstić information content (AvgIpc) is 3.62. The quantitative estimate of drug-likeness (QED) is 0.367. The van der Waals surface area contributed by atoms with Crippen LogP contribution < -0.4 is 5.32 Å². The summed E-state index contributed by atoms with van der Waals surface area (Å²) in [7, 11) is 0. The van der Waals surface area contributed by atoms with Gasteiger partial charge in [0.2, 0.25) is 16.1 Å². The van der Waals surface area contributed by atoms with Crippen molar-refractivity contribution in [1.29, 1.82) is 0 Å². The molecule has 1 amide bonds. The number of rotatable bonds is 7. The molecule has 0 radical (unpaired) electrons. The first-order valence-electron chi connectivity index (χ1n) is 13.5. The molecule has 40 heavy (non-hydrogen) atoms. The van der Waals surface area contributed by atoms with E-state index in [0.717, 1.165) is 42.6 Å². The van der Waals surface area contributed by atoms with Gasteiger partial charge >= 0.3 is 5.97 Å². The van der Waals surface area contributed by atoms with E-state index in [1.807, 2.05) is 24.3 Å². The summed E-state index contributed by atoms with van der Waals surface area (Å²) in [5.41, 5.74) is -0.578. The Labute approximate surface area is 244 Å². The van der Waals surface area contributed by atoms with Crippen LogP contribution >= 0.6 is 23.5 Å². The van der Waals surface area contributed by atoms with Crippen LogP contribution in [0.4, 0.5) is 0 Å². The Hall–Kier alpha value is -2.76. The highest BCUT2D eigenvalue weighted by molar-refractivity contribution is 8.14. The minimum Gasteiger partial charge on any atom is -0.460 e. The Morgan fingerprint density at radius 3 is 2.12 bits per heavy atom. The molecule has 2 fully saturated rings. The second-order valence-corrected chi connectivity index (χ2v) is 12.8. The van der Waals surface area contributed by atoms with Gasteiger partial charge in [-0.3, -0.25) is 19.2 Å². The number of carbonyl (C=O) groups is 4. The zero-order valence-electron chi connectivity index (χ0n) is 23.5. The summed E-state index contributed by atoms with van der Waals surface area (Å²) < 4.78 is 5.29. The van der Waals surface area contributed by atoms with Gasteiger partial charge in [0.25, 0.3) is 0 Å². The Bertz CT molecular complexity index is 1140. The summed E-state index contributed by atoms with van der Waals surface area (Å²) in [4.78, 5) is 58.9. The van der Waals surface area contributed by atoms with Gasteiger partial charge in [-0.1, -0.05) is 19.1 Å². The molecule has 216 valence electrons. The fraction of sp³-hybridized carbons (Fsp3) is 0.517. The van der Waals surface area contributed by atoms with Crippen LogP contribution in [-0.2, 0) is 23.9 Å². The van der Waals surface area contributed by atoms with E-state index in [9.17, 15) is 19.2 Å². The highest BCUT2D eigenvalue weighted by atomic mass is 32.2. The molecule has 1 N–H and O–H groups in total. The van der Waals surface area contributed by atoms with Crippen molar-refractivity contribution in [1.82, 2.24) is 20.2 Å². The summed E-state index contributed by atoms with van der Waals surface area (Å²) in [6, 6.07) is 10.6. The highest BCUT2D eigenvalue weighted by Gasteiger charge is 2.37. The van der Waals surface area contributed by atoms with Crippen molar-refractivity contribution < 1.29 is 23.9 Å². The molecule has 4 rings (SSSR count). The number of likely N-dealkylation sites (tertiary alicyclic amines) is 1. The lowest BCUT2D eigenvalue weighted by atomic mass is 10.1. The van der Waals surface area contributed by atoms with Crippen molar-refractivity contribution in [2.45, 2.75) is 87.5 Å². The van der Waals surface area contributed by atoms with E-state index in [2.05, 4.69) is 15.3 Å². The monoisotopic (exact) mass is 586 g/mol. The van der Waals surface area contributed by atoms with Crippen molar-refractivity contribution >= 4 is 45.6 Å². The zero-order chi connectivity index (χ0) is 29.1. The predicted octanol–water partition coefficient (Wildman–Crippen LogP) is 4.51. The van der Waals surface area contributed by atoms with Gasteiger partial charge < -0.3 is 15.0 Å². The standard InChI is InChI=1S/C19H26N2O4S.C10H12N2OS/c1-13(12-16(22)25-19(2,3)4)17(23)21-11-7-8-14(21)18(24)26-15-9-5-6-10-20-15;13-10(8-4-3-7-11-8)14-9-5-1-2-6-12-9/h5-6,9-10,13-14H,7-8,11-12H2,1-4H3;1-2,5-6,8,11H,3-4,7H2/t13-,14+;8-/m10/s1. The zero-order valence-corrected chi connectivity index (χ0v) is 25.1. The number of thioether (sulfide) groups is 2. The molecule has 3 atom stereocenters. The number of nitrogens with one attached hydrogen (secondary N) is 1. The van der Waals surface area contributed by atoms with Crippen molar-refractivity contribution in [2.75, 3.05) is 13.1 Å². The maximum Gasteiger partial charge on any atom is 0.307 e. The normalized spacial score (nSPS) is 19.4. The maximum absolute atomic E-state index is 12.8. The molecule has 2 aliphatic rings. The van der Waals surface area contributed by atoms with Crippen LogP contribution in [0.5, 0.6) is 0 Å². The number of nitrogens with zero attached hydrogens (tertiary/aromatic N) is 3. The Morgan fingerprint density at radius 2 is 1.60 bits per heavy atom. The first-order valence-corrected chi connectivity index (χ1v) is 15.2. The molecule has 2 saturated heterocycles. The van der Waals surface area contributed by atoms with Gasteiger partial charge in [-0.05, 0) is 101 Å². The van der Waals surface area contributed by atoms with E-state index in [-0.39, 0.29) is 28.6 Å². The third-order valence-electron chi connectivity index (χ3n) is 6.15. The fourth-order valence-corrected chi connectivity index (χ4v) is 5.98. The summed E-state index contributed by atoms with van der Waals surface area (Å²) in [6.07, 6.45) is 6.83. The second kappa shape index (κ2) is 15.3. The predicted molar refractivity (Wildman–Crippen MR) is 156 cm³/mol. The molecule has 2 aromatic rings. The molecule has 2 aliphatic heterocycles. The Kier molecular flexibility index (Phi) is 12.1. The summed E-state index contributed by atoms with van der Waals surface area (Å²) in [6.45, 7) is 8.58. The van der Waals surface area contributed by atoms with Crippen molar-refractivity contribution in [3.63, 3.8) is 0 Å². The van der Waals surface area contributed by atoms with Crippen LogP contribution in [0.15, 0.2) is 58.8 Å². The van der Waals surface area contributed by atoms with Crippen molar-refractivity contribution in [2.24, 2.45) is 5.92 Å². The summed E-state index contributed by atoms with van der Waals surface area (Å²) in [5.74, 6) is -1.09.